The van der Waals surface area contributed by atoms with Gasteiger partial charge in [0, 0.05) is 45.0 Å². The van der Waals surface area contributed by atoms with Crippen molar-refractivity contribution in [3.63, 3.8) is 0 Å². The van der Waals surface area contributed by atoms with Crippen molar-refractivity contribution < 1.29 is 23.9 Å². The molecule has 0 bridgehead atoms. The Morgan fingerprint density at radius 2 is 1.77 bits per heavy atom. The number of hydrogen-bond donors (Lipinski definition) is 0. The molecule has 2 aromatic rings. The van der Waals surface area contributed by atoms with Gasteiger partial charge in [0.25, 0.3) is 17.7 Å². The summed E-state index contributed by atoms with van der Waals surface area (Å²) in [4.78, 5) is 40.9. The highest BCUT2D eigenvalue weighted by atomic mass is 16.5. The van der Waals surface area contributed by atoms with Crippen LogP contribution in [0.15, 0.2) is 36.4 Å². The fourth-order valence-corrected chi connectivity index (χ4v) is 3.57. The highest BCUT2D eigenvalue weighted by molar-refractivity contribution is 6.22. The van der Waals surface area contributed by atoms with Gasteiger partial charge in [-0.25, -0.2) is 0 Å². The summed E-state index contributed by atoms with van der Waals surface area (Å²) in [5.74, 6) is -0.229. The maximum absolute atomic E-state index is 13.0. The van der Waals surface area contributed by atoms with E-state index in [-0.39, 0.29) is 29.8 Å². The summed E-state index contributed by atoms with van der Waals surface area (Å²) in [7, 11) is 4.86. The second-order valence-corrected chi connectivity index (χ2v) is 7.35. The van der Waals surface area contributed by atoms with Crippen LogP contribution in [0.2, 0.25) is 0 Å². The molecule has 0 fully saturated rings. The molecule has 158 valence electrons. The first-order valence-electron chi connectivity index (χ1n) is 9.75. The monoisotopic (exact) mass is 410 g/mol. The van der Waals surface area contributed by atoms with Crippen LogP contribution in [0.1, 0.15) is 48.6 Å². The maximum atomic E-state index is 13.0. The van der Waals surface area contributed by atoms with Crippen molar-refractivity contribution >= 4 is 17.7 Å². The Kier molecular flexibility index (Phi) is 6.52. The number of methoxy groups -OCH3 is 2. The minimum atomic E-state index is -0.372. The number of hydrogen-bond acceptors (Lipinski definition) is 5. The largest absolute Gasteiger partial charge is 0.496 e. The first kappa shape index (κ1) is 21.5. The summed E-state index contributed by atoms with van der Waals surface area (Å²) in [5.41, 5.74) is 2.93. The molecule has 1 aliphatic rings. The predicted molar refractivity (Wildman–Crippen MR) is 112 cm³/mol. The van der Waals surface area contributed by atoms with Gasteiger partial charge in [0.05, 0.1) is 18.2 Å². The summed E-state index contributed by atoms with van der Waals surface area (Å²) < 4.78 is 10.4. The van der Waals surface area contributed by atoms with E-state index in [0.29, 0.717) is 36.4 Å². The van der Waals surface area contributed by atoms with Gasteiger partial charge in [0.1, 0.15) is 5.75 Å². The third-order valence-corrected chi connectivity index (χ3v) is 5.14. The van der Waals surface area contributed by atoms with Gasteiger partial charge in [-0.05, 0) is 37.6 Å². The number of amides is 3. The Morgan fingerprint density at radius 3 is 2.47 bits per heavy atom. The van der Waals surface area contributed by atoms with Crippen molar-refractivity contribution in [3.05, 3.63) is 64.2 Å². The summed E-state index contributed by atoms with van der Waals surface area (Å²) in [6, 6.07) is 10.5. The Morgan fingerprint density at radius 1 is 1.03 bits per heavy atom. The zero-order valence-corrected chi connectivity index (χ0v) is 17.7. The van der Waals surface area contributed by atoms with Gasteiger partial charge in [0.15, 0.2) is 0 Å². The molecule has 0 saturated heterocycles. The number of carbonyl (C=O) groups is 3. The molecule has 0 unspecified atom stereocenters. The van der Waals surface area contributed by atoms with E-state index in [1.165, 1.54) is 11.0 Å². The van der Waals surface area contributed by atoms with Crippen molar-refractivity contribution in [2.45, 2.75) is 19.9 Å². The molecular formula is C23H26N2O5. The molecular weight excluding hydrogens is 384 g/mol. The van der Waals surface area contributed by atoms with E-state index < -0.39 is 0 Å². The minimum Gasteiger partial charge on any atom is -0.496 e. The van der Waals surface area contributed by atoms with Crippen LogP contribution in [0.5, 0.6) is 5.75 Å². The van der Waals surface area contributed by atoms with Crippen molar-refractivity contribution in [1.82, 2.24) is 9.80 Å². The molecule has 0 aliphatic carbocycles. The molecule has 30 heavy (non-hydrogen) atoms. The molecule has 3 amide bonds. The normalized spacial score (nSPS) is 12.9. The van der Waals surface area contributed by atoms with E-state index in [1.807, 2.05) is 25.1 Å². The van der Waals surface area contributed by atoms with E-state index in [9.17, 15) is 14.4 Å². The minimum absolute atomic E-state index is 0.237. The molecule has 0 radical (unpaired) electrons. The first-order valence-corrected chi connectivity index (χ1v) is 9.75. The summed E-state index contributed by atoms with van der Waals surface area (Å²) in [6.45, 7) is 3.09. The lowest BCUT2D eigenvalue weighted by Crippen LogP contribution is -2.31. The molecule has 1 aliphatic heterocycles. The third kappa shape index (κ3) is 4.21. The molecule has 0 spiro atoms. The van der Waals surface area contributed by atoms with Crippen molar-refractivity contribution in [3.8, 4) is 5.75 Å². The van der Waals surface area contributed by atoms with Gasteiger partial charge < -0.3 is 14.4 Å². The average Bonchev–Trinajstić information content (AvgIpc) is 2.97. The van der Waals surface area contributed by atoms with Gasteiger partial charge in [-0.2, -0.15) is 0 Å². The third-order valence-electron chi connectivity index (χ3n) is 5.14. The fourth-order valence-electron chi connectivity index (χ4n) is 3.57. The molecule has 0 aromatic heterocycles. The molecule has 2 aromatic carbocycles. The van der Waals surface area contributed by atoms with Gasteiger partial charge in [0.2, 0.25) is 0 Å². The number of ether oxygens (including phenoxy) is 2. The quantitative estimate of drug-likeness (QED) is 0.494. The van der Waals surface area contributed by atoms with Crippen LogP contribution in [0.25, 0.3) is 0 Å². The second kappa shape index (κ2) is 9.09. The summed E-state index contributed by atoms with van der Waals surface area (Å²) in [5, 5.41) is 0. The number of carbonyl (C=O) groups excluding carboxylic acids is 3. The fraction of sp³-hybridized carbons (Fsp3) is 0.348. The Bertz CT molecular complexity index is 986. The average molecular weight is 410 g/mol. The molecule has 0 N–H and O–H groups in total. The van der Waals surface area contributed by atoms with E-state index in [4.69, 9.17) is 9.47 Å². The topological polar surface area (TPSA) is 76.2 Å². The zero-order chi connectivity index (χ0) is 21.8. The molecule has 1 heterocycles. The van der Waals surface area contributed by atoms with Gasteiger partial charge in [-0.15, -0.1) is 0 Å². The zero-order valence-electron chi connectivity index (χ0n) is 17.7. The smallest absolute Gasteiger partial charge is 0.261 e. The SMILES string of the molecule is COCCCN1C(=O)c2ccc(C(=O)N(C)Cc3cc(C)ccc3OC)cc2C1=O. The van der Waals surface area contributed by atoms with E-state index in [0.717, 1.165) is 11.1 Å². The van der Waals surface area contributed by atoms with Crippen LogP contribution in [0.4, 0.5) is 0 Å². The second-order valence-electron chi connectivity index (χ2n) is 7.35. The van der Waals surface area contributed by atoms with Crippen LogP contribution < -0.4 is 4.74 Å². The molecule has 7 heteroatoms. The molecule has 0 saturated carbocycles. The number of imide groups is 1. The first-order chi connectivity index (χ1) is 14.4. The van der Waals surface area contributed by atoms with Crippen LogP contribution in [0.3, 0.4) is 0 Å². The lowest BCUT2D eigenvalue weighted by atomic mass is 10.0. The highest BCUT2D eigenvalue weighted by Crippen LogP contribution is 2.26. The summed E-state index contributed by atoms with van der Waals surface area (Å²) in [6.07, 6.45) is 0.564. The standard InChI is InChI=1S/C23H26N2O5/c1-15-6-9-20(30-4)17(12-15)14-24(2)21(26)16-7-8-18-19(13-16)23(28)25(22(18)27)10-5-11-29-3/h6-9,12-13H,5,10-11,14H2,1-4H3. The van der Waals surface area contributed by atoms with Gasteiger partial charge >= 0.3 is 0 Å². The molecule has 7 nitrogen and oxygen atoms in total. The van der Waals surface area contributed by atoms with Crippen LogP contribution in [0, 0.1) is 6.92 Å². The number of benzene rings is 2. The van der Waals surface area contributed by atoms with Crippen molar-refractivity contribution in [1.29, 1.82) is 0 Å². The van der Waals surface area contributed by atoms with Gasteiger partial charge in [-0.3, -0.25) is 19.3 Å². The van der Waals surface area contributed by atoms with E-state index >= 15 is 0 Å². The van der Waals surface area contributed by atoms with Crippen LogP contribution >= 0.6 is 0 Å². The number of rotatable bonds is 8. The lowest BCUT2D eigenvalue weighted by molar-refractivity contribution is 0.0638. The maximum Gasteiger partial charge on any atom is 0.261 e. The molecule has 0 atom stereocenters. The summed E-state index contributed by atoms with van der Waals surface area (Å²) >= 11 is 0. The Balaban J connectivity index is 1.78. The highest BCUT2D eigenvalue weighted by Gasteiger charge is 2.35. The number of aryl methyl sites for hydroxylation is 1. The van der Waals surface area contributed by atoms with Gasteiger partial charge in [-0.1, -0.05) is 17.7 Å². The van der Waals surface area contributed by atoms with Crippen molar-refractivity contribution in [2.75, 3.05) is 34.4 Å². The lowest BCUT2D eigenvalue weighted by Gasteiger charge is -2.19. The van der Waals surface area contributed by atoms with Crippen LogP contribution in [-0.2, 0) is 11.3 Å². The predicted octanol–water partition coefficient (Wildman–Crippen LogP) is 2.91. The van der Waals surface area contributed by atoms with E-state index in [2.05, 4.69) is 0 Å². The number of nitrogens with zero attached hydrogens (tertiary/aromatic N) is 2. The Hall–Kier alpha value is -3.19. The number of fused-ring (bicyclic) bond motifs is 1. The van der Waals surface area contributed by atoms with Crippen LogP contribution in [-0.4, -0.2) is 61.9 Å². The van der Waals surface area contributed by atoms with E-state index in [1.54, 1.807) is 38.3 Å². The molecule has 3 rings (SSSR count). The van der Waals surface area contributed by atoms with Crippen molar-refractivity contribution in [2.24, 2.45) is 0 Å². The Labute approximate surface area is 176 Å².